The fourth-order valence-electron chi connectivity index (χ4n) is 1.12. The van der Waals surface area contributed by atoms with Gasteiger partial charge in [-0.05, 0) is 18.6 Å². The van der Waals surface area contributed by atoms with E-state index < -0.39 is 23.0 Å². The summed E-state index contributed by atoms with van der Waals surface area (Å²) in [5, 5.41) is 0. The van der Waals surface area contributed by atoms with Crippen LogP contribution < -0.4 is 0 Å². The van der Waals surface area contributed by atoms with Gasteiger partial charge in [0.15, 0.2) is 5.78 Å². The average molecular weight is 184 g/mol. The van der Waals surface area contributed by atoms with Gasteiger partial charge in [0.1, 0.15) is 11.6 Å². The van der Waals surface area contributed by atoms with Crippen LogP contribution >= 0.6 is 0 Å². The predicted octanol–water partition coefficient (Wildman–Crippen LogP) is 2.95. The minimum absolute atomic E-state index is 0.178. The Hall–Kier alpha value is -1.25. The molecule has 0 aromatic heterocycles. The molecule has 0 aliphatic heterocycles. The van der Waals surface area contributed by atoms with E-state index in [1.807, 2.05) is 0 Å². The first-order valence-electron chi connectivity index (χ1n) is 4.14. The number of halogens is 2. The summed E-state index contributed by atoms with van der Waals surface area (Å²) in [7, 11) is 0. The molecule has 0 heterocycles. The summed E-state index contributed by atoms with van der Waals surface area (Å²) in [6.07, 6.45) is 0.768. The Morgan fingerprint density at radius 2 is 1.85 bits per heavy atom. The van der Waals surface area contributed by atoms with Crippen molar-refractivity contribution in [3.63, 3.8) is 0 Å². The highest BCUT2D eigenvalue weighted by molar-refractivity contribution is 5.96. The Kier molecular flexibility index (Phi) is 3.12. The van der Waals surface area contributed by atoms with Gasteiger partial charge in [-0.1, -0.05) is 13.0 Å². The zero-order chi connectivity index (χ0) is 9.84. The van der Waals surface area contributed by atoms with E-state index in [4.69, 9.17) is 0 Å². The third-order valence-corrected chi connectivity index (χ3v) is 1.72. The van der Waals surface area contributed by atoms with Gasteiger partial charge in [-0.15, -0.1) is 0 Å². The molecule has 0 amide bonds. The summed E-state index contributed by atoms with van der Waals surface area (Å²) in [5.41, 5.74) is -0.413. The van der Waals surface area contributed by atoms with E-state index in [1.165, 1.54) is 6.07 Å². The van der Waals surface area contributed by atoms with E-state index in [1.54, 1.807) is 6.92 Å². The maximum absolute atomic E-state index is 13.0. The smallest absolute Gasteiger partial charge is 0.168 e. The number of hydrogen-bond donors (Lipinski definition) is 0. The number of rotatable bonds is 3. The van der Waals surface area contributed by atoms with Crippen LogP contribution in [0.1, 0.15) is 30.1 Å². The normalized spacial score (nSPS) is 10.1. The van der Waals surface area contributed by atoms with Gasteiger partial charge in [0.05, 0.1) is 5.56 Å². The average Bonchev–Trinajstić information content (AvgIpc) is 2.04. The molecule has 0 aliphatic rings. The molecule has 0 saturated carbocycles. The lowest BCUT2D eigenvalue weighted by Gasteiger charge is -2.01. The molecule has 1 aromatic rings. The maximum atomic E-state index is 13.0. The summed E-state index contributed by atoms with van der Waals surface area (Å²) in [5.74, 6) is -2.03. The molecule has 0 fully saturated rings. The second kappa shape index (κ2) is 4.12. The highest BCUT2D eigenvalue weighted by atomic mass is 19.1. The molecule has 0 N–H and O–H groups in total. The SMILES string of the molecule is CCCC(=O)c1c(F)cccc1F. The fraction of sp³-hybridized carbons (Fsp3) is 0.300. The van der Waals surface area contributed by atoms with Crippen LogP contribution in [0.25, 0.3) is 0 Å². The molecule has 0 saturated heterocycles. The first kappa shape index (κ1) is 9.84. The van der Waals surface area contributed by atoms with Gasteiger partial charge in [0.25, 0.3) is 0 Å². The molecule has 3 heteroatoms. The minimum atomic E-state index is -0.779. The molecule has 1 rings (SSSR count). The lowest BCUT2D eigenvalue weighted by molar-refractivity contribution is 0.0973. The van der Waals surface area contributed by atoms with Crippen LogP contribution in [0.4, 0.5) is 8.78 Å². The van der Waals surface area contributed by atoms with Crippen LogP contribution in [0.2, 0.25) is 0 Å². The van der Waals surface area contributed by atoms with Crippen molar-refractivity contribution >= 4 is 5.78 Å². The Bertz CT molecular complexity index is 300. The second-order valence-corrected chi connectivity index (χ2v) is 2.77. The molecular weight excluding hydrogens is 174 g/mol. The largest absolute Gasteiger partial charge is 0.294 e. The van der Waals surface area contributed by atoms with Gasteiger partial charge in [-0.25, -0.2) is 8.78 Å². The summed E-state index contributed by atoms with van der Waals surface area (Å²) in [6, 6.07) is 3.42. The Labute approximate surface area is 75.4 Å². The Morgan fingerprint density at radius 3 is 2.31 bits per heavy atom. The van der Waals surface area contributed by atoms with Crippen LogP contribution in [0.5, 0.6) is 0 Å². The van der Waals surface area contributed by atoms with E-state index in [2.05, 4.69) is 0 Å². The van der Waals surface area contributed by atoms with Gasteiger partial charge in [-0.2, -0.15) is 0 Å². The Balaban J connectivity index is 3.05. The van der Waals surface area contributed by atoms with Crippen LogP contribution in [-0.2, 0) is 0 Å². The monoisotopic (exact) mass is 184 g/mol. The van der Waals surface area contributed by atoms with E-state index >= 15 is 0 Å². The zero-order valence-corrected chi connectivity index (χ0v) is 7.31. The summed E-state index contributed by atoms with van der Waals surface area (Å²) in [4.78, 5) is 11.2. The van der Waals surface area contributed by atoms with E-state index in [0.717, 1.165) is 12.1 Å². The van der Waals surface area contributed by atoms with E-state index in [0.29, 0.717) is 6.42 Å². The van der Waals surface area contributed by atoms with Crippen LogP contribution in [-0.4, -0.2) is 5.78 Å². The Morgan fingerprint density at radius 1 is 1.31 bits per heavy atom. The van der Waals surface area contributed by atoms with Crippen molar-refractivity contribution in [2.45, 2.75) is 19.8 Å². The highest BCUT2D eigenvalue weighted by Gasteiger charge is 2.15. The summed E-state index contributed by atoms with van der Waals surface area (Å²) >= 11 is 0. The molecule has 0 radical (unpaired) electrons. The molecule has 0 bridgehead atoms. The van der Waals surface area contributed by atoms with Crippen molar-refractivity contribution in [2.24, 2.45) is 0 Å². The fourth-order valence-corrected chi connectivity index (χ4v) is 1.12. The van der Waals surface area contributed by atoms with Crippen molar-refractivity contribution in [1.82, 2.24) is 0 Å². The number of carbonyl (C=O) groups excluding carboxylic acids is 1. The number of carbonyl (C=O) groups is 1. The van der Waals surface area contributed by atoms with Gasteiger partial charge < -0.3 is 0 Å². The van der Waals surface area contributed by atoms with Gasteiger partial charge in [-0.3, -0.25) is 4.79 Å². The van der Waals surface area contributed by atoms with Crippen molar-refractivity contribution < 1.29 is 13.6 Å². The number of benzene rings is 1. The molecule has 13 heavy (non-hydrogen) atoms. The molecule has 0 aliphatic carbocycles. The second-order valence-electron chi connectivity index (χ2n) is 2.77. The first-order chi connectivity index (χ1) is 6.16. The van der Waals surface area contributed by atoms with Gasteiger partial charge in [0, 0.05) is 6.42 Å². The topological polar surface area (TPSA) is 17.1 Å². The molecule has 70 valence electrons. The molecular formula is C10H10F2O. The van der Waals surface area contributed by atoms with E-state index in [9.17, 15) is 13.6 Å². The van der Waals surface area contributed by atoms with Crippen molar-refractivity contribution in [3.05, 3.63) is 35.4 Å². The standard InChI is InChI=1S/C10H10F2O/c1-2-4-9(13)10-7(11)5-3-6-8(10)12/h3,5-6H,2,4H2,1H3. The molecule has 0 spiro atoms. The molecule has 1 nitrogen and oxygen atoms in total. The van der Waals surface area contributed by atoms with Gasteiger partial charge in [0.2, 0.25) is 0 Å². The highest BCUT2D eigenvalue weighted by Crippen LogP contribution is 2.14. The lowest BCUT2D eigenvalue weighted by Crippen LogP contribution is -2.04. The van der Waals surface area contributed by atoms with Crippen LogP contribution in [0.15, 0.2) is 18.2 Å². The van der Waals surface area contributed by atoms with Crippen molar-refractivity contribution in [1.29, 1.82) is 0 Å². The molecule has 0 atom stereocenters. The van der Waals surface area contributed by atoms with Crippen LogP contribution in [0, 0.1) is 11.6 Å². The summed E-state index contributed by atoms with van der Waals surface area (Å²) < 4.78 is 25.9. The van der Waals surface area contributed by atoms with Crippen LogP contribution in [0.3, 0.4) is 0 Å². The summed E-state index contributed by atoms with van der Waals surface area (Å²) in [6.45, 7) is 1.79. The third-order valence-electron chi connectivity index (χ3n) is 1.72. The third kappa shape index (κ3) is 2.11. The van der Waals surface area contributed by atoms with Crippen molar-refractivity contribution in [2.75, 3.05) is 0 Å². The minimum Gasteiger partial charge on any atom is -0.294 e. The van der Waals surface area contributed by atoms with E-state index in [-0.39, 0.29) is 6.42 Å². The van der Waals surface area contributed by atoms with Crippen molar-refractivity contribution in [3.8, 4) is 0 Å². The molecule has 1 aromatic carbocycles. The van der Waals surface area contributed by atoms with Gasteiger partial charge >= 0.3 is 0 Å². The first-order valence-corrected chi connectivity index (χ1v) is 4.14. The number of ketones is 1. The number of hydrogen-bond acceptors (Lipinski definition) is 1. The quantitative estimate of drug-likeness (QED) is 0.660. The lowest BCUT2D eigenvalue weighted by atomic mass is 10.1. The number of Topliss-reactive ketones (excluding diaryl/α,β-unsaturated/α-hetero) is 1. The molecule has 0 unspecified atom stereocenters. The zero-order valence-electron chi connectivity index (χ0n) is 7.31. The maximum Gasteiger partial charge on any atom is 0.168 e. The predicted molar refractivity (Wildman–Crippen MR) is 45.6 cm³/mol.